The molecule has 1 spiro atoms. The summed E-state index contributed by atoms with van der Waals surface area (Å²) in [5.41, 5.74) is 2.31. The molecule has 7 rings (SSSR count). The number of nitrogens with zero attached hydrogens (tertiary/aromatic N) is 5. The van der Waals surface area contributed by atoms with Crippen molar-refractivity contribution < 1.29 is 9.59 Å². The van der Waals surface area contributed by atoms with Crippen LogP contribution in [0.5, 0.6) is 0 Å². The summed E-state index contributed by atoms with van der Waals surface area (Å²) in [6.07, 6.45) is 5.52. The average molecular weight is 654 g/mol. The fourth-order valence-corrected chi connectivity index (χ4v) is 9.07. The lowest BCUT2D eigenvalue weighted by Gasteiger charge is -2.38. The highest BCUT2D eigenvalue weighted by Crippen LogP contribution is 2.56. The van der Waals surface area contributed by atoms with Gasteiger partial charge in [0.1, 0.15) is 21.6 Å². The molecule has 1 saturated carbocycles. The minimum absolute atomic E-state index is 0.0226. The summed E-state index contributed by atoms with van der Waals surface area (Å²) in [4.78, 5) is 45.1. The lowest BCUT2D eigenvalue weighted by molar-refractivity contribution is -0.144. The van der Waals surface area contributed by atoms with E-state index in [-0.39, 0.29) is 35.4 Å². The second kappa shape index (κ2) is 11.0. The van der Waals surface area contributed by atoms with Gasteiger partial charge in [-0.1, -0.05) is 55.2 Å². The van der Waals surface area contributed by atoms with Crippen molar-refractivity contribution in [2.75, 3.05) is 19.6 Å². The van der Waals surface area contributed by atoms with Gasteiger partial charge in [0.15, 0.2) is 5.17 Å². The van der Waals surface area contributed by atoms with Crippen LogP contribution in [0.2, 0.25) is 10.2 Å². The molecule has 0 radical (unpaired) electrons. The molecule has 2 saturated heterocycles. The minimum atomic E-state index is -0.691. The molecule has 8 nitrogen and oxygen atoms in total. The van der Waals surface area contributed by atoms with Gasteiger partial charge in [-0.15, -0.1) is 0 Å². The van der Waals surface area contributed by atoms with Crippen LogP contribution in [-0.2, 0) is 15.1 Å². The van der Waals surface area contributed by atoms with Crippen molar-refractivity contribution in [3.8, 4) is 0 Å². The molecule has 1 aromatic heterocycles. The molecule has 232 valence electrons. The van der Waals surface area contributed by atoms with Crippen molar-refractivity contribution in [3.63, 3.8) is 0 Å². The first kappa shape index (κ1) is 30.1. The van der Waals surface area contributed by atoms with E-state index in [1.54, 1.807) is 12.3 Å². The van der Waals surface area contributed by atoms with Gasteiger partial charge in [0.05, 0.1) is 6.04 Å². The fraction of sp³-hybridized carbons (Fsp3) is 0.515. The minimum Gasteiger partial charge on any atom is -0.338 e. The quantitative estimate of drug-likeness (QED) is 0.401. The van der Waals surface area contributed by atoms with E-state index in [1.165, 1.54) is 11.8 Å². The molecule has 1 N–H and O–H groups in total. The maximum absolute atomic E-state index is 14.6. The Morgan fingerprint density at radius 3 is 2.50 bits per heavy atom. The first-order chi connectivity index (χ1) is 21.0. The van der Waals surface area contributed by atoms with E-state index in [2.05, 4.69) is 42.9 Å². The van der Waals surface area contributed by atoms with E-state index < -0.39 is 11.6 Å². The van der Waals surface area contributed by atoms with Gasteiger partial charge in [-0.25, -0.2) is 9.98 Å². The normalized spacial score (nSPS) is 29.1. The van der Waals surface area contributed by atoms with Gasteiger partial charge in [-0.05, 0) is 81.0 Å². The van der Waals surface area contributed by atoms with E-state index in [9.17, 15) is 9.59 Å². The Bertz CT molecular complexity index is 1560. The number of thioether (sulfide) groups is 1. The number of hydrogen-bond donors (Lipinski definition) is 1. The number of hydrogen-bond acceptors (Lipinski definition) is 7. The molecule has 2 aromatic rings. The zero-order chi connectivity index (χ0) is 31.0. The predicted octanol–water partition coefficient (Wildman–Crippen LogP) is 5.97. The maximum Gasteiger partial charge on any atom is 0.263 e. The van der Waals surface area contributed by atoms with Crippen LogP contribution >= 0.6 is 35.0 Å². The molecule has 4 aliphatic heterocycles. The standard InChI is InChI=1S/C33H38Cl2N6O2S/c1-19(2)26-27(30(43)40-20(3)5-11-24(40)29(42)39-16-15-37-33(18-39)13-14-33)44-31-38-32(4,22-8-12-25(35)36-17-22)28(41(26)31)21-6-9-23(34)10-7-21/h6-10,12,17,19-20,24,28,37H,5,11,13-16,18H2,1-4H3/t20-,24-,28-,32+/m1/s1. The molecule has 0 unspecified atom stereocenters. The first-order valence-electron chi connectivity index (χ1n) is 15.6. The van der Waals surface area contributed by atoms with Crippen LogP contribution in [0.1, 0.15) is 70.5 Å². The van der Waals surface area contributed by atoms with Crippen LogP contribution in [0.4, 0.5) is 0 Å². The zero-order valence-corrected chi connectivity index (χ0v) is 27.8. The third kappa shape index (κ3) is 4.95. The van der Waals surface area contributed by atoms with Gasteiger partial charge in [0, 0.05) is 53.7 Å². The van der Waals surface area contributed by atoms with Crippen LogP contribution in [0.15, 0.2) is 58.2 Å². The fourth-order valence-electron chi connectivity index (χ4n) is 7.48. The lowest BCUT2D eigenvalue weighted by Crippen LogP contribution is -2.58. The van der Waals surface area contributed by atoms with Crippen molar-refractivity contribution in [1.82, 2.24) is 25.0 Å². The van der Waals surface area contributed by atoms with Gasteiger partial charge in [0.2, 0.25) is 5.91 Å². The number of aromatic nitrogens is 1. The Hall–Kier alpha value is -2.59. The van der Waals surface area contributed by atoms with Crippen molar-refractivity contribution in [2.24, 2.45) is 10.9 Å². The Morgan fingerprint density at radius 2 is 1.84 bits per heavy atom. The van der Waals surface area contributed by atoms with Gasteiger partial charge in [-0.3, -0.25) is 9.59 Å². The van der Waals surface area contributed by atoms with Gasteiger partial charge in [0.25, 0.3) is 5.91 Å². The number of halogens is 2. The summed E-state index contributed by atoms with van der Waals surface area (Å²) in [7, 11) is 0. The summed E-state index contributed by atoms with van der Waals surface area (Å²) >= 11 is 13.9. The second-order valence-electron chi connectivity index (χ2n) is 13.3. The molecule has 11 heteroatoms. The molecule has 1 aliphatic carbocycles. The van der Waals surface area contributed by atoms with Crippen molar-refractivity contribution in [2.45, 2.75) is 82.6 Å². The largest absolute Gasteiger partial charge is 0.338 e. The highest BCUT2D eigenvalue weighted by atomic mass is 35.5. The number of allylic oxidation sites excluding steroid dienone is 1. The highest BCUT2D eigenvalue weighted by Gasteiger charge is 2.55. The molecule has 0 bridgehead atoms. The van der Waals surface area contributed by atoms with Crippen LogP contribution in [0, 0.1) is 5.92 Å². The predicted molar refractivity (Wildman–Crippen MR) is 175 cm³/mol. The van der Waals surface area contributed by atoms with Crippen LogP contribution < -0.4 is 5.32 Å². The second-order valence-corrected chi connectivity index (χ2v) is 15.1. The lowest BCUT2D eigenvalue weighted by atomic mass is 9.81. The van der Waals surface area contributed by atoms with Gasteiger partial charge in [-0.2, -0.15) is 0 Å². The third-order valence-electron chi connectivity index (χ3n) is 9.98. The number of likely N-dealkylation sites (tertiary alicyclic amines) is 1. The van der Waals surface area contributed by atoms with E-state index in [0.717, 1.165) is 54.3 Å². The van der Waals surface area contributed by atoms with Crippen LogP contribution in [0.3, 0.4) is 0 Å². The Kier molecular flexibility index (Phi) is 7.55. The first-order valence-corrected chi connectivity index (χ1v) is 17.1. The van der Waals surface area contributed by atoms with Crippen molar-refractivity contribution >= 4 is 51.9 Å². The number of carbonyl (C=O) groups excluding carboxylic acids is 2. The summed E-state index contributed by atoms with van der Waals surface area (Å²) in [5.74, 6) is 0.0506. The summed E-state index contributed by atoms with van der Waals surface area (Å²) in [5, 5.41) is 5.45. The van der Waals surface area contributed by atoms with E-state index in [1.807, 2.05) is 40.1 Å². The Balaban J connectivity index is 1.26. The SMILES string of the molecule is CC(C)C1=C(C(=O)N2[C@H](C)CC[C@@H]2C(=O)N2CCNC3(CC3)C2)SC2=N[C@@](C)(c3ccc(Cl)nc3)[C@@H](c3ccc(Cl)cc3)N21. The van der Waals surface area contributed by atoms with Gasteiger partial charge < -0.3 is 20.0 Å². The molecule has 5 heterocycles. The zero-order valence-electron chi connectivity index (χ0n) is 25.5. The number of piperazine rings is 1. The van der Waals surface area contributed by atoms with E-state index in [4.69, 9.17) is 28.2 Å². The van der Waals surface area contributed by atoms with E-state index in [0.29, 0.717) is 28.0 Å². The van der Waals surface area contributed by atoms with Crippen LogP contribution in [-0.4, -0.2) is 73.9 Å². The van der Waals surface area contributed by atoms with Crippen molar-refractivity contribution in [3.05, 3.63) is 74.5 Å². The maximum atomic E-state index is 14.6. The number of aliphatic imine (C=N–C) groups is 1. The number of fused-ring (bicyclic) bond motifs is 1. The molecule has 4 atom stereocenters. The topological polar surface area (TPSA) is 81.1 Å². The number of rotatable bonds is 5. The molecular formula is C33H38Cl2N6O2S. The number of amidine groups is 1. The summed E-state index contributed by atoms with van der Waals surface area (Å²) in [6.45, 7) is 10.7. The molecule has 5 aliphatic rings. The molecular weight excluding hydrogens is 615 g/mol. The monoisotopic (exact) mass is 652 g/mol. The number of amides is 2. The van der Waals surface area contributed by atoms with E-state index >= 15 is 0 Å². The number of pyridine rings is 1. The Labute approximate surface area is 273 Å². The average Bonchev–Trinajstić information content (AvgIpc) is 3.31. The molecule has 44 heavy (non-hydrogen) atoms. The highest BCUT2D eigenvalue weighted by molar-refractivity contribution is 8.18. The third-order valence-corrected chi connectivity index (χ3v) is 11.5. The number of carbonyl (C=O) groups is 2. The number of benzene rings is 1. The summed E-state index contributed by atoms with van der Waals surface area (Å²) in [6, 6.07) is 10.9. The van der Waals surface area contributed by atoms with Gasteiger partial charge >= 0.3 is 0 Å². The molecule has 3 fully saturated rings. The van der Waals surface area contributed by atoms with Crippen molar-refractivity contribution in [1.29, 1.82) is 0 Å². The summed E-state index contributed by atoms with van der Waals surface area (Å²) < 4.78 is 0. The molecule has 2 amide bonds. The molecule has 1 aromatic carbocycles. The van der Waals surface area contributed by atoms with Crippen LogP contribution in [0.25, 0.3) is 0 Å². The smallest absolute Gasteiger partial charge is 0.263 e. The Morgan fingerprint density at radius 1 is 1.09 bits per heavy atom. The number of nitrogens with one attached hydrogen (secondary N) is 1.